The number of nitrogens with zero attached hydrogens (tertiary/aromatic N) is 1. The molecule has 132 valence electrons. The van der Waals surface area contributed by atoms with Crippen molar-refractivity contribution in [1.29, 1.82) is 0 Å². The van der Waals surface area contributed by atoms with E-state index >= 15 is 0 Å². The molecule has 2 nitrogen and oxygen atoms in total. The number of hydrogen-bond donors (Lipinski definition) is 1. The van der Waals surface area contributed by atoms with Gasteiger partial charge in [-0.25, -0.2) is 4.99 Å². The number of anilines is 1. The van der Waals surface area contributed by atoms with E-state index in [9.17, 15) is 26.3 Å². The molecule has 0 saturated heterocycles. The highest BCUT2D eigenvalue weighted by Crippen LogP contribution is 2.30. The average Bonchev–Trinajstić information content (AvgIpc) is 2.53. The summed E-state index contributed by atoms with van der Waals surface area (Å²) in [5, 5.41) is 1.96. The molecule has 0 unspecified atom stereocenters. The summed E-state index contributed by atoms with van der Waals surface area (Å²) in [6.07, 6.45) is -10.1. The van der Waals surface area contributed by atoms with Crippen LogP contribution >= 0.6 is 0 Å². The SMILES string of the molecule is FC(F)(F)C(/C=C(\Nc1ccccc1)C(F)(F)F)=Nc1ccccc1. The van der Waals surface area contributed by atoms with Gasteiger partial charge in [0, 0.05) is 5.69 Å². The van der Waals surface area contributed by atoms with E-state index in [1.54, 1.807) is 12.1 Å². The molecule has 1 N–H and O–H groups in total. The second-order valence-corrected chi connectivity index (χ2v) is 4.88. The van der Waals surface area contributed by atoms with Gasteiger partial charge in [-0.3, -0.25) is 0 Å². The van der Waals surface area contributed by atoms with E-state index in [4.69, 9.17) is 0 Å². The molecule has 2 rings (SSSR count). The first-order valence-corrected chi connectivity index (χ1v) is 6.98. The lowest BCUT2D eigenvalue weighted by molar-refractivity contribution is -0.0904. The van der Waals surface area contributed by atoms with Crippen LogP contribution in [0, 0.1) is 0 Å². The van der Waals surface area contributed by atoms with Crippen LogP contribution in [0.1, 0.15) is 0 Å². The first-order valence-electron chi connectivity index (χ1n) is 6.98. The number of benzene rings is 2. The van der Waals surface area contributed by atoms with Gasteiger partial charge in [0.15, 0.2) is 0 Å². The number of halogens is 6. The summed E-state index contributed by atoms with van der Waals surface area (Å²) in [5.41, 5.74) is -3.32. The third kappa shape index (κ3) is 5.66. The number of alkyl halides is 6. The largest absolute Gasteiger partial charge is 0.433 e. The molecule has 0 fully saturated rings. The van der Waals surface area contributed by atoms with Crippen LogP contribution in [0.3, 0.4) is 0 Å². The molecule has 8 heteroatoms. The molecule has 25 heavy (non-hydrogen) atoms. The van der Waals surface area contributed by atoms with Crippen LogP contribution in [0.5, 0.6) is 0 Å². The number of rotatable bonds is 4. The summed E-state index contributed by atoms with van der Waals surface area (Å²) in [4.78, 5) is 3.30. The van der Waals surface area contributed by atoms with E-state index in [-0.39, 0.29) is 17.5 Å². The van der Waals surface area contributed by atoms with Gasteiger partial charge in [-0.1, -0.05) is 36.4 Å². The van der Waals surface area contributed by atoms with Crippen molar-refractivity contribution < 1.29 is 26.3 Å². The number of para-hydroxylation sites is 2. The van der Waals surface area contributed by atoms with E-state index < -0.39 is 23.8 Å². The smallest absolute Gasteiger partial charge is 0.351 e. The van der Waals surface area contributed by atoms with E-state index in [2.05, 4.69) is 4.99 Å². The molecule has 2 aromatic carbocycles. The van der Waals surface area contributed by atoms with Gasteiger partial charge in [-0.05, 0) is 30.3 Å². The maximum absolute atomic E-state index is 13.1. The molecular formula is C17H12F6N2. The van der Waals surface area contributed by atoms with Gasteiger partial charge in [-0.2, -0.15) is 26.3 Å². The third-order valence-electron chi connectivity index (χ3n) is 2.94. The minimum absolute atomic E-state index is 0.00677. The Bertz CT molecular complexity index is 746. The Kier molecular flexibility index (Phi) is 5.51. The number of allylic oxidation sites excluding steroid dienone is 2. The van der Waals surface area contributed by atoms with Crippen molar-refractivity contribution in [2.75, 3.05) is 5.32 Å². The molecular weight excluding hydrogens is 346 g/mol. The normalized spacial score (nSPS) is 13.7. The Hall–Kier alpha value is -2.77. The fourth-order valence-electron chi connectivity index (χ4n) is 1.82. The molecule has 0 atom stereocenters. The molecule has 0 aliphatic carbocycles. The highest BCUT2D eigenvalue weighted by Gasteiger charge is 2.40. The van der Waals surface area contributed by atoms with E-state index in [1.807, 2.05) is 5.32 Å². The van der Waals surface area contributed by atoms with Crippen LogP contribution in [0.25, 0.3) is 0 Å². The molecule has 0 spiro atoms. The molecule has 0 radical (unpaired) electrons. The molecule has 0 bridgehead atoms. The Balaban J connectivity index is 2.47. The van der Waals surface area contributed by atoms with E-state index in [1.165, 1.54) is 48.5 Å². The van der Waals surface area contributed by atoms with Crippen molar-refractivity contribution in [3.05, 3.63) is 72.4 Å². The fraction of sp³-hybridized carbons (Fsp3) is 0.118. The predicted molar refractivity (Wildman–Crippen MR) is 83.8 cm³/mol. The molecule has 0 aliphatic heterocycles. The Morgan fingerprint density at radius 2 is 1.28 bits per heavy atom. The number of hydrogen-bond acceptors (Lipinski definition) is 2. The summed E-state index contributed by atoms with van der Waals surface area (Å²) in [6.45, 7) is 0. The minimum Gasteiger partial charge on any atom is -0.351 e. The Morgan fingerprint density at radius 1 is 0.760 bits per heavy atom. The first kappa shape index (κ1) is 18.6. The fourth-order valence-corrected chi connectivity index (χ4v) is 1.82. The van der Waals surface area contributed by atoms with Crippen LogP contribution < -0.4 is 5.32 Å². The van der Waals surface area contributed by atoms with Crippen LogP contribution in [0.15, 0.2) is 77.4 Å². The Morgan fingerprint density at radius 3 is 1.76 bits per heavy atom. The first-order chi connectivity index (χ1) is 11.7. The predicted octanol–water partition coefficient (Wildman–Crippen LogP) is 5.88. The second-order valence-electron chi connectivity index (χ2n) is 4.88. The lowest BCUT2D eigenvalue weighted by atomic mass is 10.2. The zero-order valence-electron chi connectivity index (χ0n) is 12.6. The van der Waals surface area contributed by atoms with Crippen molar-refractivity contribution in [3.63, 3.8) is 0 Å². The topological polar surface area (TPSA) is 24.4 Å². The summed E-state index contributed by atoms with van der Waals surface area (Å²) < 4.78 is 78.8. The van der Waals surface area contributed by atoms with Crippen LogP contribution in [0.2, 0.25) is 0 Å². The minimum atomic E-state index is -5.05. The summed E-state index contributed by atoms with van der Waals surface area (Å²) in [6, 6.07) is 14.0. The van der Waals surface area contributed by atoms with Gasteiger partial charge >= 0.3 is 12.4 Å². The zero-order chi connectivity index (χ0) is 18.5. The molecule has 0 aromatic heterocycles. The van der Waals surface area contributed by atoms with Gasteiger partial charge in [0.1, 0.15) is 11.4 Å². The molecule has 0 aliphatic rings. The zero-order valence-corrected chi connectivity index (χ0v) is 12.6. The maximum Gasteiger partial charge on any atom is 0.433 e. The summed E-state index contributed by atoms with van der Waals surface area (Å²) in [5.74, 6) is 0. The van der Waals surface area contributed by atoms with Gasteiger partial charge in [0.25, 0.3) is 0 Å². The maximum atomic E-state index is 13.1. The van der Waals surface area contributed by atoms with Crippen molar-refractivity contribution >= 4 is 17.1 Å². The highest BCUT2D eigenvalue weighted by molar-refractivity contribution is 6.02. The molecule has 0 amide bonds. The Labute approximate surface area is 139 Å². The van der Waals surface area contributed by atoms with Crippen LogP contribution in [-0.2, 0) is 0 Å². The van der Waals surface area contributed by atoms with E-state index in [0.29, 0.717) is 0 Å². The van der Waals surface area contributed by atoms with Crippen LogP contribution in [-0.4, -0.2) is 18.1 Å². The standard InChI is InChI=1S/C17H12F6N2/c18-16(19,20)14(24-12-7-3-1-4-8-12)11-15(17(21,22)23)25-13-9-5-2-6-10-13/h1-11,24H/b14-11-,25-15?. The number of aliphatic imine (C=N–C) groups is 1. The van der Waals surface area contributed by atoms with Gasteiger partial charge in [-0.15, -0.1) is 0 Å². The second kappa shape index (κ2) is 7.42. The average molecular weight is 358 g/mol. The molecule has 0 saturated carbocycles. The summed E-state index contributed by atoms with van der Waals surface area (Å²) in [7, 11) is 0. The monoisotopic (exact) mass is 358 g/mol. The van der Waals surface area contributed by atoms with E-state index in [0.717, 1.165) is 0 Å². The van der Waals surface area contributed by atoms with Crippen LogP contribution in [0.4, 0.5) is 37.7 Å². The summed E-state index contributed by atoms with van der Waals surface area (Å²) >= 11 is 0. The highest BCUT2D eigenvalue weighted by atomic mass is 19.4. The molecule has 2 aromatic rings. The van der Waals surface area contributed by atoms with Gasteiger partial charge in [0.05, 0.1) is 5.69 Å². The quantitative estimate of drug-likeness (QED) is 0.536. The van der Waals surface area contributed by atoms with Crippen molar-refractivity contribution in [2.24, 2.45) is 4.99 Å². The lowest BCUT2D eigenvalue weighted by Gasteiger charge is -2.16. The van der Waals surface area contributed by atoms with Gasteiger partial charge in [0.2, 0.25) is 0 Å². The number of nitrogens with one attached hydrogen (secondary N) is 1. The third-order valence-corrected chi connectivity index (χ3v) is 2.94. The van der Waals surface area contributed by atoms with Gasteiger partial charge < -0.3 is 5.32 Å². The van der Waals surface area contributed by atoms with Crippen molar-refractivity contribution in [1.82, 2.24) is 0 Å². The van der Waals surface area contributed by atoms with Crippen molar-refractivity contribution in [3.8, 4) is 0 Å². The van der Waals surface area contributed by atoms with Crippen molar-refractivity contribution in [2.45, 2.75) is 12.4 Å². The molecule has 0 heterocycles. The lowest BCUT2D eigenvalue weighted by Crippen LogP contribution is -2.26.